The number of rotatable bonds is 0. The molecule has 60 valence electrons. The van der Waals surface area contributed by atoms with Crippen molar-refractivity contribution in [2.24, 2.45) is 0 Å². The summed E-state index contributed by atoms with van der Waals surface area (Å²) in [5, 5.41) is 0. The first kappa shape index (κ1) is 7.86. The molecule has 1 aromatic rings. The minimum atomic E-state index is -0.766. The highest BCUT2D eigenvalue weighted by atomic mass is 79.9. The van der Waals surface area contributed by atoms with Gasteiger partial charge in [-0.1, -0.05) is 0 Å². The Morgan fingerprint density at radius 1 is 1.36 bits per heavy atom. The van der Waals surface area contributed by atoms with Crippen molar-refractivity contribution in [2.45, 2.75) is 0 Å². The van der Waals surface area contributed by atoms with E-state index in [4.69, 9.17) is 11.7 Å². The monoisotopic (exact) mass is 220 g/mol. The third-order valence-electron chi connectivity index (χ3n) is 1.10. The smallest absolute Gasteiger partial charge is 0.335 e. The van der Waals surface area contributed by atoms with Crippen molar-refractivity contribution >= 4 is 15.9 Å². The summed E-state index contributed by atoms with van der Waals surface area (Å²) in [5.74, 6) is 10.2. The zero-order valence-electron chi connectivity index (χ0n) is 5.32. The van der Waals surface area contributed by atoms with E-state index in [1.807, 2.05) is 0 Å². The number of hydrogen-bond acceptors (Lipinski definition) is 4. The van der Waals surface area contributed by atoms with Crippen LogP contribution in [0.2, 0.25) is 0 Å². The molecule has 1 aromatic heterocycles. The highest BCUT2D eigenvalue weighted by Gasteiger charge is 2.03. The summed E-state index contributed by atoms with van der Waals surface area (Å²) < 4.78 is 1.28. The van der Waals surface area contributed by atoms with Gasteiger partial charge in [-0.25, -0.2) is 9.47 Å². The Balaban J connectivity index is 3.74. The van der Waals surface area contributed by atoms with Crippen molar-refractivity contribution in [1.29, 1.82) is 0 Å². The van der Waals surface area contributed by atoms with Crippen molar-refractivity contribution in [3.63, 3.8) is 0 Å². The number of hydrogen-bond donors (Lipinski definition) is 2. The predicted molar refractivity (Wildman–Crippen MR) is 43.0 cm³/mol. The van der Waals surface area contributed by atoms with Crippen LogP contribution in [0.4, 0.5) is 0 Å². The van der Waals surface area contributed by atoms with Crippen LogP contribution < -0.4 is 22.9 Å². The highest BCUT2D eigenvalue weighted by Crippen LogP contribution is 1.95. The third-order valence-corrected chi connectivity index (χ3v) is 1.65. The average molecular weight is 221 g/mol. The Morgan fingerprint density at radius 3 is 2.45 bits per heavy atom. The molecule has 0 aliphatic rings. The molecule has 0 aromatic carbocycles. The Kier molecular flexibility index (Phi) is 1.73. The quantitative estimate of drug-likeness (QED) is 0.505. The lowest BCUT2D eigenvalue weighted by atomic mass is 10.6. The van der Waals surface area contributed by atoms with E-state index in [1.165, 1.54) is 0 Å². The Labute approximate surface area is 69.1 Å². The Bertz CT molecular complexity index is 358. The van der Waals surface area contributed by atoms with Gasteiger partial charge in [-0.15, -0.1) is 0 Å². The van der Waals surface area contributed by atoms with Crippen LogP contribution in [-0.2, 0) is 0 Å². The maximum absolute atomic E-state index is 10.9. The van der Waals surface area contributed by atoms with E-state index in [0.717, 1.165) is 6.20 Å². The molecule has 0 amide bonds. The first-order valence-corrected chi connectivity index (χ1v) is 3.37. The summed E-state index contributed by atoms with van der Waals surface area (Å²) in [6.07, 6.45) is 1.15. The Morgan fingerprint density at radius 2 is 1.91 bits per heavy atom. The number of nitrogen functional groups attached to an aromatic ring is 2. The molecule has 6 nitrogen and oxygen atoms in total. The van der Waals surface area contributed by atoms with E-state index >= 15 is 0 Å². The summed E-state index contributed by atoms with van der Waals surface area (Å²) in [7, 11) is 0. The van der Waals surface area contributed by atoms with Gasteiger partial charge in [-0.2, -0.15) is 4.68 Å². The average Bonchev–Trinajstić information content (AvgIpc) is 1.97. The van der Waals surface area contributed by atoms with Gasteiger partial charge >= 0.3 is 5.69 Å². The highest BCUT2D eigenvalue weighted by molar-refractivity contribution is 9.10. The van der Waals surface area contributed by atoms with Crippen LogP contribution in [0.3, 0.4) is 0 Å². The van der Waals surface area contributed by atoms with Crippen LogP contribution in [-0.4, -0.2) is 9.35 Å². The van der Waals surface area contributed by atoms with E-state index in [0.29, 0.717) is 9.35 Å². The summed E-state index contributed by atoms with van der Waals surface area (Å²) >= 11 is 2.88. The minimum absolute atomic E-state index is 0.141. The van der Waals surface area contributed by atoms with Crippen LogP contribution in [0.25, 0.3) is 0 Å². The molecular weight excluding hydrogens is 216 g/mol. The van der Waals surface area contributed by atoms with Crippen LogP contribution >= 0.6 is 15.9 Å². The normalized spacial score (nSPS) is 9.91. The van der Waals surface area contributed by atoms with Crippen molar-refractivity contribution in [1.82, 2.24) is 9.35 Å². The van der Waals surface area contributed by atoms with E-state index in [-0.39, 0.29) is 4.47 Å². The van der Waals surface area contributed by atoms with E-state index in [9.17, 15) is 9.59 Å². The molecule has 0 aliphatic carbocycles. The molecule has 0 bridgehead atoms. The van der Waals surface area contributed by atoms with Crippen LogP contribution in [0.15, 0.2) is 20.3 Å². The van der Waals surface area contributed by atoms with Crippen LogP contribution in [0.5, 0.6) is 0 Å². The molecule has 0 radical (unpaired) electrons. The lowest BCUT2D eigenvalue weighted by Crippen LogP contribution is -2.46. The third kappa shape index (κ3) is 1.14. The first-order valence-electron chi connectivity index (χ1n) is 2.58. The fraction of sp³-hybridized carbons (Fsp3) is 0. The fourth-order valence-electron chi connectivity index (χ4n) is 0.559. The van der Waals surface area contributed by atoms with Gasteiger partial charge in [0.2, 0.25) is 0 Å². The van der Waals surface area contributed by atoms with Gasteiger partial charge in [-0.3, -0.25) is 4.79 Å². The molecule has 0 fully saturated rings. The predicted octanol–water partition coefficient (Wildman–Crippen LogP) is -1.80. The van der Waals surface area contributed by atoms with Gasteiger partial charge in [0.15, 0.2) is 0 Å². The summed E-state index contributed by atoms with van der Waals surface area (Å²) in [5.41, 5.74) is -1.38. The maximum atomic E-state index is 10.9. The molecule has 0 saturated carbocycles. The van der Waals surface area contributed by atoms with Gasteiger partial charge in [0, 0.05) is 0 Å². The molecule has 0 aliphatic heterocycles. The van der Waals surface area contributed by atoms with Crippen molar-refractivity contribution in [2.75, 3.05) is 11.7 Å². The number of halogens is 1. The summed E-state index contributed by atoms with van der Waals surface area (Å²) in [4.78, 5) is 21.7. The topological polar surface area (TPSA) is 96.0 Å². The van der Waals surface area contributed by atoms with Gasteiger partial charge < -0.3 is 11.7 Å². The SMILES string of the molecule is Nn1cc(Br)c(=O)n(N)c1=O. The van der Waals surface area contributed by atoms with Gasteiger partial charge in [0.05, 0.1) is 6.20 Å². The molecular formula is C4H5BrN4O2. The summed E-state index contributed by atoms with van der Waals surface area (Å²) in [6, 6.07) is 0. The second-order valence-corrected chi connectivity index (χ2v) is 2.70. The Hall–Kier alpha value is -1.24. The van der Waals surface area contributed by atoms with Crippen molar-refractivity contribution < 1.29 is 0 Å². The number of nitrogens with two attached hydrogens (primary N) is 2. The molecule has 0 atom stereocenters. The first-order chi connectivity index (χ1) is 5.04. The van der Waals surface area contributed by atoms with Crippen LogP contribution in [0, 0.1) is 0 Å². The van der Waals surface area contributed by atoms with Gasteiger partial charge in [0.1, 0.15) is 4.47 Å². The number of aromatic nitrogens is 2. The zero-order valence-corrected chi connectivity index (χ0v) is 6.91. The van der Waals surface area contributed by atoms with Crippen molar-refractivity contribution in [3.8, 4) is 0 Å². The lowest BCUT2D eigenvalue weighted by molar-refractivity contribution is 0.742. The maximum Gasteiger partial charge on any atom is 0.368 e. The van der Waals surface area contributed by atoms with Gasteiger partial charge in [0.25, 0.3) is 5.56 Å². The van der Waals surface area contributed by atoms with E-state index < -0.39 is 11.2 Å². The minimum Gasteiger partial charge on any atom is -0.335 e. The molecule has 0 unspecified atom stereocenters. The number of nitrogens with zero attached hydrogens (tertiary/aromatic N) is 2. The summed E-state index contributed by atoms with van der Waals surface area (Å²) in [6.45, 7) is 0. The molecule has 1 heterocycles. The second kappa shape index (κ2) is 2.42. The van der Waals surface area contributed by atoms with E-state index in [1.54, 1.807) is 0 Å². The molecule has 0 saturated heterocycles. The molecule has 1 rings (SSSR count). The van der Waals surface area contributed by atoms with Crippen LogP contribution in [0.1, 0.15) is 0 Å². The molecule has 11 heavy (non-hydrogen) atoms. The lowest BCUT2D eigenvalue weighted by Gasteiger charge is -2.00. The van der Waals surface area contributed by atoms with Crippen molar-refractivity contribution in [3.05, 3.63) is 31.5 Å². The molecule has 7 heteroatoms. The molecule has 0 spiro atoms. The standard InChI is InChI=1S/C4H5BrN4O2/c5-2-1-8(6)4(11)9(7)3(2)10/h1H,6-7H2. The van der Waals surface area contributed by atoms with Gasteiger partial charge in [-0.05, 0) is 15.9 Å². The molecule has 4 N–H and O–H groups in total. The largest absolute Gasteiger partial charge is 0.368 e. The fourth-order valence-corrected chi connectivity index (χ4v) is 0.971. The zero-order chi connectivity index (χ0) is 8.59. The van der Waals surface area contributed by atoms with E-state index in [2.05, 4.69) is 15.9 Å². The second-order valence-electron chi connectivity index (χ2n) is 1.84.